The molecule has 3 nitrogen and oxygen atoms in total. The lowest BCUT2D eigenvalue weighted by atomic mass is 10.0. The number of methoxy groups -OCH3 is 1. The van der Waals surface area contributed by atoms with E-state index in [0.29, 0.717) is 0 Å². The van der Waals surface area contributed by atoms with Crippen LogP contribution in [0.15, 0.2) is 24.5 Å². The molecule has 94 valence electrons. The Kier molecular flexibility index (Phi) is 10.2. The molecule has 0 aliphatic carbocycles. The molecule has 16 heavy (non-hydrogen) atoms. The first-order valence-electron chi connectivity index (χ1n) is 5.84. The largest absolute Gasteiger partial charge is 0.475 e. The number of hydrogen-bond donors (Lipinski definition) is 1. The number of unbranched alkanes of at least 4 members (excludes halogenated alkanes) is 2. The van der Waals surface area contributed by atoms with E-state index in [1.165, 1.54) is 12.8 Å². The Labute approximate surface area is 98.8 Å². The molecule has 0 heterocycles. The molecular weight excluding hydrogens is 204 g/mol. The van der Waals surface area contributed by atoms with Crippen molar-refractivity contribution in [3.8, 4) is 0 Å². The summed E-state index contributed by atoms with van der Waals surface area (Å²) in [5.41, 5.74) is 0. The van der Waals surface area contributed by atoms with Gasteiger partial charge in [-0.2, -0.15) is 0 Å². The second-order valence-electron chi connectivity index (χ2n) is 3.82. The Balaban J connectivity index is 3.75. The molecule has 0 saturated heterocycles. The molecule has 3 heteroatoms. The van der Waals surface area contributed by atoms with Gasteiger partial charge in [0.1, 0.15) is 0 Å². The molecule has 0 aliphatic rings. The van der Waals surface area contributed by atoms with Crippen LogP contribution in [0.4, 0.5) is 0 Å². The van der Waals surface area contributed by atoms with Crippen LogP contribution in [-0.2, 0) is 9.47 Å². The fourth-order valence-corrected chi connectivity index (χ4v) is 1.13. The van der Waals surface area contributed by atoms with Gasteiger partial charge in [-0.3, -0.25) is 0 Å². The normalized spacial score (nSPS) is 15.8. The van der Waals surface area contributed by atoms with Crippen LogP contribution in [-0.4, -0.2) is 25.1 Å². The standard InChI is InChI=1S/C13H24O3/c1-4-5-6-7-8-13(14)12(2)9-10-16-11-15-3/h7-10,12-14H,4-6,11H2,1-3H3/b8-7+,10-9-. The molecule has 0 fully saturated rings. The topological polar surface area (TPSA) is 38.7 Å². The molecule has 0 aromatic rings. The van der Waals surface area contributed by atoms with Gasteiger partial charge in [-0.1, -0.05) is 38.8 Å². The van der Waals surface area contributed by atoms with Gasteiger partial charge in [-0.15, -0.1) is 0 Å². The average molecular weight is 228 g/mol. The summed E-state index contributed by atoms with van der Waals surface area (Å²) in [4.78, 5) is 0. The lowest BCUT2D eigenvalue weighted by Crippen LogP contribution is -2.12. The highest BCUT2D eigenvalue weighted by molar-refractivity contribution is 4.96. The highest BCUT2D eigenvalue weighted by Crippen LogP contribution is 2.07. The Hall–Kier alpha value is -0.800. The maximum atomic E-state index is 9.75. The van der Waals surface area contributed by atoms with E-state index in [2.05, 4.69) is 6.92 Å². The molecule has 0 aliphatic heterocycles. The summed E-state index contributed by atoms with van der Waals surface area (Å²) < 4.78 is 9.73. The molecule has 0 aromatic carbocycles. The van der Waals surface area contributed by atoms with E-state index < -0.39 is 6.10 Å². The summed E-state index contributed by atoms with van der Waals surface area (Å²) in [6.45, 7) is 4.34. The van der Waals surface area contributed by atoms with Crippen molar-refractivity contribution in [2.24, 2.45) is 5.92 Å². The summed E-state index contributed by atoms with van der Waals surface area (Å²) in [6.07, 6.45) is 10.2. The van der Waals surface area contributed by atoms with Crippen LogP contribution in [0.25, 0.3) is 0 Å². The molecule has 0 amide bonds. The van der Waals surface area contributed by atoms with E-state index >= 15 is 0 Å². The summed E-state index contributed by atoms with van der Waals surface area (Å²) in [5, 5.41) is 9.75. The molecule has 0 saturated carbocycles. The van der Waals surface area contributed by atoms with Crippen LogP contribution in [0.1, 0.15) is 33.1 Å². The van der Waals surface area contributed by atoms with Crippen LogP contribution < -0.4 is 0 Å². The zero-order chi connectivity index (χ0) is 12.2. The van der Waals surface area contributed by atoms with Crippen molar-refractivity contribution in [2.45, 2.75) is 39.2 Å². The van der Waals surface area contributed by atoms with Crippen LogP contribution in [0.2, 0.25) is 0 Å². The van der Waals surface area contributed by atoms with Gasteiger partial charge >= 0.3 is 0 Å². The van der Waals surface area contributed by atoms with E-state index in [9.17, 15) is 5.11 Å². The fraction of sp³-hybridized carbons (Fsp3) is 0.692. The zero-order valence-corrected chi connectivity index (χ0v) is 10.6. The summed E-state index contributed by atoms with van der Waals surface area (Å²) in [5.74, 6) is 0.0507. The van der Waals surface area contributed by atoms with E-state index in [1.54, 1.807) is 13.4 Å². The van der Waals surface area contributed by atoms with Gasteiger partial charge in [-0.05, 0) is 12.5 Å². The second-order valence-corrected chi connectivity index (χ2v) is 3.82. The number of aliphatic hydroxyl groups excluding tert-OH is 1. The highest BCUT2D eigenvalue weighted by atomic mass is 16.7. The predicted molar refractivity (Wildman–Crippen MR) is 65.9 cm³/mol. The fourth-order valence-electron chi connectivity index (χ4n) is 1.13. The number of hydrogen-bond acceptors (Lipinski definition) is 3. The smallest absolute Gasteiger partial charge is 0.187 e. The van der Waals surface area contributed by atoms with Gasteiger partial charge in [0.2, 0.25) is 0 Å². The second kappa shape index (κ2) is 10.7. The van der Waals surface area contributed by atoms with Gasteiger partial charge in [0.15, 0.2) is 6.79 Å². The molecule has 2 atom stereocenters. The molecule has 0 rings (SSSR count). The third kappa shape index (κ3) is 8.50. The van der Waals surface area contributed by atoms with Crippen LogP contribution in [0, 0.1) is 5.92 Å². The number of ether oxygens (including phenoxy) is 2. The molecule has 0 aromatic heterocycles. The molecule has 0 spiro atoms. The van der Waals surface area contributed by atoms with Crippen molar-refractivity contribution in [1.29, 1.82) is 0 Å². The SMILES string of the molecule is CCCC/C=C/C(O)C(C)/C=C\OCOC. The lowest BCUT2D eigenvalue weighted by molar-refractivity contribution is 0.0189. The minimum absolute atomic E-state index is 0.0507. The Morgan fingerprint density at radius 3 is 2.69 bits per heavy atom. The van der Waals surface area contributed by atoms with Gasteiger partial charge in [0, 0.05) is 13.0 Å². The Morgan fingerprint density at radius 2 is 2.06 bits per heavy atom. The van der Waals surface area contributed by atoms with Gasteiger partial charge in [-0.25, -0.2) is 0 Å². The van der Waals surface area contributed by atoms with Crippen molar-refractivity contribution in [3.63, 3.8) is 0 Å². The van der Waals surface area contributed by atoms with Crippen molar-refractivity contribution in [1.82, 2.24) is 0 Å². The summed E-state index contributed by atoms with van der Waals surface area (Å²) >= 11 is 0. The third-order valence-corrected chi connectivity index (χ3v) is 2.26. The van der Waals surface area contributed by atoms with Crippen molar-refractivity contribution < 1.29 is 14.6 Å². The van der Waals surface area contributed by atoms with Gasteiger partial charge in [0.05, 0.1) is 12.4 Å². The number of allylic oxidation sites excluding steroid dienone is 1. The third-order valence-electron chi connectivity index (χ3n) is 2.26. The van der Waals surface area contributed by atoms with Crippen molar-refractivity contribution >= 4 is 0 Å². The van der Waals surface area contributed by atoms with Crippen molar-refractivity contribution in [3.05, 3.63) is 24.5 Å². The van der Waals surface area contributed by atoms with Gasteiger partial charge < -0.3 is 14.6 Å². The van der Waals surface area contributed by atoms with E-state index in [0.717, 1.165) is 6.42 Å². The molecule has 0 bridgehead atoms. The molecule has 1 N–H and O–H groups in total. The molecule has 2 unspecified atom stereocenters. The summed E-state index contributed by atoms with van der Waals surface area (Å²) in [7, 11) is 1.57. The Morgan fingerprint density at radius 1 is 1.31 bits per heavy atom. The lowest BCUT2D eigenvalue weighted by Gasteiger charge is -2.10. The predicted octanol–water partition coefficient (Wildman–Crippen LogP) is 2.86. The molecule has 0 radical (unpaired) electrons. The summed E-state index contributed by atoms with van der Waals surface area (Å²) in [6, 6.07) is 0. The maximum absolute atomic E-state index is 9.75. The van der Waals surface area contributed by atoms with Crippen LogP contribution >= 0.6 is 0 Å². The zero-order valence-electron chi connectivity index (χ0n) is 10.6. The van der Waals surface area contributed by atoms with E-state index in [1.807, 2.05) is 25.2 Å². The van der Waals surface area contributed by atoms with Gasteiger partial charge in [0.25, 0.3) is 0 Å². The van der Waals surface area contributed by atoms with E-state index in [-0.39, 0.29) is 12.7 Å². The minimum atomic E-state index is -0.445. The van der Waals surface area contributed by atoms with E-state index in [4.69, 9.17) is 9.47 Å². The average Bonchev–Trinajstić information content (AvgIpc) is 2.29. The quantitative estimate of drug-likeness (QED) is 0.285. The monoisotopic (exact) mass is 228 g/mol. The maximum Gasteiger partial charge on any atom is 0.187 e. The van der Waals surface area contributed by atoms with Crippen LogP contribution in [0.3, 0.4) is 0 Å². The number of aliphatic hydroxyl groups is 1. The molecular formula is C13H24O3. The highest BCUT2D eigenvalue weighted by Gasteiger charge is 2.06. The minimum Gasteiger partial charge on any atom is -0.475 e. The first-order valence-corrected chi connectivity index (χ1v) is 5.84. The van der Waals surface area contributed by atoms with Crippen LogP contribution in [0.5, 0.6) is 0 Å². The first-order chi connectivity index (χ1) is 7.72. The Bertz CT molecular complexity index is 177. The number of rotatable bonds is 9. The van der Waals surface area contributed by atoms with Crippen molar-refractivity contribution in [2.75, 3.05) is 13.9 Å². The first kappa shape index (κ1) is 15.2.